The molecule has 0 aromatic carbocycles. The van der Waals surface area contributed by atoms with Crippen molar-refractivity contribution in [3.05, 3.63) is 0 Å². The molecule has 3 N–H and O–H groups in total. The van der Waals surface area contributed by atoms with Gasteiger partial charge in [0.05, 0.1) is 11.6 Å². The molecular formula is C16H33N3O2. The van der Waals surface area contributed by atoms with E-state index in [1.165, 1.54) is 12.8 Å². The fourth-order valence-electron chi connectivity index (χ4n) is 2.96. The van der Waals surface area contributed by atoms with E-state index in [1.807, 2.05) is 13.8 Å². The van der Waals surface area contributed by atoms with Crippen LogP contribution in [-0.4, -0.2) is 55.2 Å². The largest absolute Gasteiger partial charge is 0.377 e. The number of rotatable bonds is 11. The number of hydrogen-bond donors (Lipinski definition) is 2. The number of amides is 1. The number of likely N-dealkylation sites (N-methyl/N-ethyl adjacent to an activating group) is 2. The Bertz CT molecular complexity index is 306. The Morgan fingerprint density at radius 2 is 2.19 bits per heavy atom. The molecule has 0 aromatic heterocycles. The van der Waals surface area contributed by atoms with E-state index >= 15 is 0 Å². The summed E-state index contributed by atoms with van der Waals surface area (Å²) in [5.41, 5.74) is 4.94. The van der Waals surface area contributed by atoms with Crippen LogP contribution in [0.1, 0.15) is 52.9 Å². The van der Waals surface area contributed by atoms with Crippen LogP contribution in [0.25, 0.3) is 0 Å². The van der Waals surface area contributed by atoms with E-state index in [0.717, 1.165) is 52.0 Å². The monoisotopic (exact) mass is 299 g/mol. The first-order valence-corrected chi connectivity index (χ1v) is 8.40. The molecule has 1 heterocycles. The molecule has 0 aliphatic carbocycles. The molecule has 1 amide bonds. The van der Waals surface area contributed by atoms with Crippen LogP contribution < -0.4 is 11.1 Å². The Morgan fingerprint density at radius 1 is 1.43 bits per heavy atom. The quantitative estimate of drug-likeness (QED) is 0.568. The number of nitrogens with zero attached hydrogens (tertiary/aromatic N) is 1. The maximum atomic E-state index is 11.6. The number of carbonyl (C=O) groups excluding carboxylic acids is 1. The van der Waals surface area contributed by atoms with Crippen LogP contribution in [0.15, 0.2) is 0 Å². The Morgan fingerprint density at radius 3 is 2.71 bits per heavy atom. The summed E-state index contributed by atoms with van der Waals surface area (Å²) in [7, 11) is 0. The highest BCUT2D eigenvalue weighted by molar-refractivity contribution is 5.84. The van der Waals surface area contributed by atoms with E-state index in [2.05, 4.69) is 17.1 Å². The minimum Gasteiger partial charge on any atom is -0.377 e. The summed E-state index contributed by atoms with van der Waals surface area (Å²) in [6.45, 7) is 10.9. The molecular weight excluding hydrogens is 266 g/mol. The molecule has 2 unspecified atom stereocenters. The second kappa shape index (κ2) is 9.38. The van der Waals surface area contributed by atoms with Gasteiger partial charge in [0.2, 0.25) is 5.91 Å². The van der Waals surface area contributed by atoms with Crippen molar-refractivity contribution in [1.29, 1.82) is 0 Å². The number of nitrogens with one attached hydrogen (secondary N) is 1. The van der Waals surface area contributed by atoms with Crippen LogP contribution >= 0.6 is 0 Å². The molecule has 0 spiro atoms. The van der Waals surface area contributed by atoms with Gasteiger partial charge in [-0.25, -0.2) is 0 Å². The van der Waals surface area contributed by atoms with Crippen LogP contribution in [0.2, 0.25) is 0 Å². The molecule has 1 aliphatic rings. The number of unbranched alkanes of at least 4 members (excludes halogenated alkanes) is 1. The minimum atomic E-state index is -0.569. The molecule has 0 aromatic rings. The Labute approximate surface area is 129 Å². The molecule has 5 heteroatoms. The zero-order valence-corrected chi connectivity index (χ0v) is 14.0. The normalized spacial score (nSPS) is 21.6. The lowest BCUT2D eigenvalue weighted by molar-refractivity contribution is -0.124. The number of nitrogens with two attached hydrogens (primary N) is 1. The predicted molar refractivity (Wildman–Crippen MR) is 86.2 cm³/mol. The van der Waals surface area contributed by atoms with Crippen molar-refractivity contribution in [3.63, 3.8) is 0 Å². The summed E-state index contributed by atoms with van der Waals surface area (Å²) < 4.78 is 5.70. The van der Waals surface area contributed by atoms with Crippen molar-refractivity contribution in [3.8, 4) is 0 Å². The van der Waals surface area contributed by atoms with Gasteiger partial charge in [-0.2, -0.15) is 0 Å². The lowest BCUT2D eigenvalue weighted by atomic mass is 9.94. The molecule has 1 rings (SSSR count). The van der Waals surface area contributed by atoms with Crippen molar-refractivity contribution < 1.29 is 9.53 Å². The van der Waals surface area contributed by atoms with Crippen LogP contribution in [0.4, 0.5) is 0 Å². The van der Waals surface area contributed by atoms with Crippen LogP contribution in [0, 0.1) is 0 Å². The molecule has 2 atom stereocenters. The van der Waals surface area contributed by atoms with Crippen molar-refractivity contribution >= 4 is 5.91 Å². The highest BCUT2D eigenvalue weighted by atomic mass is 16.5. The van der Waals surface area contributed by atoms with Gasteiger partial charge in [-0.05, 0) is 58.7 Å². The van der Waals surface area contributed by atoms with Gasteiger partial charge in [-0.3, -0.25) is 4.79 Å². The third kappa shape index (κ3) is 6.32. The minimum absolute atomic E-state index is 0.254. The van der Waals surface area contributed by atoms with Crippen LogP contribution in [-0.2, 0) is 9.53 Å². The zero-order valence-electron chi connectivity index (χ0n) is 14.0. The fourth-order valence-corrected chi connectivity index (χ4v) is 2.96. The van der Waals surface area contributed by atoms with Crippen molar-refractivity contribution in [1.82, 2.24) is 10.2 Å². The highest BCUT2D eigenvalue weighted by Gasteiger charge is 2.29. The first-order chi connectivity index (χ1) is 10.0. The summed E-state index contributed by atoms with van der Waals surface area (Å²) in [5.74, 6) is -0.254. The van der Waals surface area contributed by atoms with Crippen molar-refractivity contribution in [2.75, 3.05) is 32.8 Å². The van der Waals surface area contributed by atoms with Gasteiger partial charge in [0, 0.05) is 13.2 Å². The molecule has 0 saturated carbocycles. The molecule has 1 aliphatic heterocycles. The smallest absolute Gasteiger partial charge is 0.237 e. The maximum Gasteiger partial charge on any atom is 0.237 e. The lowest BCUT2D eigenvalue weighted by Crippen LogP contribution is -2.53. The standard InChI is InChI=1S/C16H33N3O2/c1-4-18-16(3,15(17)20)10-6-7-11-19(5-2)13-14-9-8-12-21-14/h14,18H,4-13H2,1-3H3,(H2,17,20). The average molecular weight is 299 g/mol. The first kappa shape index (κ1) is 18.4. The van der Waals surface area contributed by atoms with Crippen LogP contribution in [0.3, 0.4) is 0 Å². The van der Waals surface area contributed by atoms with Crippen LogP contribution in [0.5, 0.6) is 0 Å². The molecule has 5 nitrogen and oxygen atoms in total. The topological polar surface area (TPSA) is 67.6 Å². The van der Waals surface area contributed by atoms with Crippen molar-refractivity contribution in [2.24, 2.45) is 5.73 Å². The second-order valence-corrected chi connectivity index (χ2v) is 6.21. The van der Waals surface area contributed by atoms with Crippen molar-refractivity contribution in [2.45, 2.75) is 64.5 Å². The third-order valence-electron chi connectivity index (χ3n) is 4.44. The zero-order chi connectivity index (χ0) is 15.7. The van der Waals surface area contributed by atoms with Gasteiger partial charge >= 0.3 is 0 Å². The predicted octanol–water partition coefficient (Wildman–Crippen LogP) is 1.51. The van der Waals surface area contributed by atoms with E-state index in [0.29, 0.717) is 6.10 Å². The van der Waals surface area contributed by atoms with Gasteiger partial charge in [-0.15, -0.1) is 0 Å². The average Bonchev–Trinajstić information content (AvgIpc) is 2.95. The number of carbonyl (C=O) groups is 1. The number of primary amides is 1. The lowest BCUT2D eigenvalue weighted by Gasteiger charge is -2.28. The highest BCUT2D eigenvalue weighted by Crippen LogP contribution is 2.16. The first-order valence-electron chi connectivity index (χ1n) is 8.40. The van der Waals surface area contributed by atoms with E-state index in [1.54, 1.807) is 0 Å². The Kier molecular flexibility index (Phi) is 8.22. The maximum absolute atomic E-state index is 11.6. The summed E-state index contributed by atoms with van der Waals surface area (Å²) in [6, 6.07) is 0. The fraction of sp³-hybridized carbons (Fsp3) is 0.938. The summed E-state index contributed by atoms with van der Waals surface area (Å²) in [5, 5.41) is 3.21. The third-order valence-corrected chi connectivity index (χ3v) is 4.44. The molecule has 1 saturated heterocycles. The Balaban J connectivity index is 2.25. The number of hydrogen-bond acceptors (Lipinski definition) is 4. The van der Waals surface area contributed by atoms with Gasteiger partial charge in [0.1, 0.15) is 0 Å². The van der Waals surface area contributed by atoms with Gasteiger partial charge < -0.3 is 20.7 Å². The Hall–Kier alpha value is -0.650. The van der Waals surface area contributed by atoms with E-state index in [4.69, 9.17) is 10.5 Å². The van der Waals surface area contributed by atoms with E-state index in [9.17, 15) is 4.79 Å². The molecule has 124 valence electrons. The summed E-state index contributed by atoms with van der Waals surface area (Å²) in [6.07, 6.45) is 5.71. The van der Waals surface area contributed by atoms with E-state index < -0.39 is 5.54 Å². The van der Waals surface area contributed by atoms with Gasteiger partial charge in [0.25, 0.3) is 0 Å². The molecule has 21 heavy (non-hydrogen) atoms. The summed E-state index contributed by atoms with van der Waals surface area (Å²) in [4.78, 5) is 14.0. The number of ether oxygens (including phenoxy) is 1. The molecule has 0 radical (unpaired) electrons. The SMILES string of the molecule is CCNC(C)(CCCCN(CC)CC1CCCO1)C(N)=O. The molecule has 0 bridgehead atoms. The second-order valence-electron chi connectivity index (χ2n) is 6.21. The molecule has 1 fully saturated rings. The van der Waals surface area contributed by atoms with E-state index in [-0.39, 0.29) is 5.91 Å². The van der Waals surface area contributed by atoms with Gasteiger partial charge in [-0.1, -0.05) is 13.8 Å². The summed E-state index contributed by atoms with van der Waals surface area (Å²) >= 11 is 0. The van der Waals surface area contributed by atoms with Gasteiger partial charge in [0.15, 0.2) is 0 Å².